The van der Waals surface area contributed by atoms with Crippen LogP contribution in [0.5, 0.6) is 0 Å². The molecule has 0 saturated carbocycles. The second kappa shape index (κ2) is 8.39. The summed E-state index contributed by atoms with van der Waals surface area (Å²) in [5.74, 6) is 6.12. The summed E-state index contributed by atoms with van der Waals surface area (Å²) in [4.78, 5) is 5.17. The van der Waals surface area contributed by atoms with Gasteiger partial charge in [-0.05, 0) is 53.9 Å². The number of hydrogen-bond donors (Lipinski definition) is 2. The lowest BCUT2D eigenvalue weighted by Crippen LogP contribution is -2.02. The Morgan fingerprint density at radius 1 is 1.10 bits per heavy atom. The van der Waals surface area contributed by atoms with Gasteiger partial charge in [-0.2, -0.15) is 0 Å². The highest BCUT2D eigenvalue weighted by atomic mass is 32.2. The van der Waals surface area contributed by atoms with E-state index in [9.17, 15) is 0 Å². The Hall–Kier alpha value is -1.80. The molecule has 1 aromatic heterocycles. The molecule has 0 radical (unpaired) electrons. The second-order valence-electron chi connectivity index (χ2n) is 4.14. The highest BCUT2D eigenvalue weighted by Gasteiger charge is 1.95. The maximum absolute atomic E-state index is 5.40. The standard InChI is InChI=1S/C16H17N3S/c17-10-2-1-3-14-4-6-16(7-5-14)20-19-13-15-8-11-18-12-9-15/h4-9,11-12,19H,2,10,13,17H2. The van der Waals surface area contributed by atoms with Crippen molar-refractivity contribution in [3.8, 4) is 11.8 Å². The van der Waals surface area contributed by atoms with Gasteiger partial charge >= 0.3 is 0 Å². The molecule has 0 aliphatic carbocycles. The number of nitrogens with zero attached hydrogens (tertiary/aromatic N) is 1. The van der Waals surface area contributed by atoms with Crippen LogP contribution in [0.2, 0.25) is 0 Å². The molecule has 0 atom stereocenters. The fourth-order valence-electron chi connectivity index (χ4n) is 1.55. The molecule has 0 unspecified atom stereocenters. The SMILES string of the molecule is NCCC#Cc1ccc(SNCc2ccncc2)cc1. The van der Waals surface area contributed by atoms with E-state index in [1.165, 1.54) is 10.5 Å². The third-order valence-electron chi connectivity index (χ3n) is 2.57. The molecule has 1 aromatic carbocycles. The first kappa shape index (κ1) is 14.6. The van der Waals surface area contributed by atoms with Gasteiger partial charge in [0, 0.05) is 42.4 Å². The first-order valence-electron chi connectivity index (χ1n) is 6.46. The van der Waals surface area contributed by atoms with Crippen molar-refractivity contribution in [2.24, 2.45) is 5.73 Å². The average molecular weight is 283 g/mol. The van der Waals surface area contributed by atoms with Crippen LogP contribution in [0.3, 0.4) is 0 Å². The molecule has 4 heteroatoms. The van der Waals surface area contributed by atoms with Crippen LogP contribution in [0.1, 0.15) is 17.5 Å². The topological polar surface area (TPSA) is 50.9 Å². The van der Waals surface area contributed by atoms with Gasteiger partial charge in [-0.3, -0.25) is 9.71 Å². The molecule has 20 heavy (non-hydrogen) atoms. The predicted octanol–water partition coefficient (Wildman–Crippen LogP) is 2.58. The molecular formula is C16H17N3S. The molecule has 0 spiro atoms. The van der Waals surface area contributed by atoms with Gasteiger partial charge in [-0.1, -0.05) is 11.8 Å². The number of hydrogen-bond acceptors (Lipinski definition) is 4. The van der Waals surface area contributed by atoms with Gasteiger partial charge in [-0.15, -0.1) is 0 Å². The van der Waals surface area contributed by atoms with Crippen molar-refractivity contribution < 1.29 is 0 Å². The van der Waals surface area contributed by atoms with Crippen molar-refractivity contribution in [1.82, 2.24) is 9.71 Å². The molecule has 2 rings (SSSR count). The van der Waals surface area contributed by atoms with Crippen LogP contribution in [0.4, 0.5) is 0 Å². The zero-order chi connectivity index (χ0) is 14.0. The fourth-order valence-corrected chi connectivity index (χ4v) is 2.22. The smallest absolute Gasteiger partial charge is 0.0314 e. The minimum Gasteiger partial charge on any atom is -0.330 e. The summed E-state index contributed by atoms with van der Waals surface area (Å²) >= 11 is 1.61. The molecule has 0 saturated heterocycles. The number of pyridine rings is 1. The summed E-state index contributed by atoms with van der Waals surface area (Å²) in [7, 11) is 0. The molecule has 0 aliphatic rings. The number of nitrogens with one attached hydrogen (secondary N) is 1. The number of benzene rings is 1. The van der Waals surface area contributed by atoms with Crippen LogP contribution in [0.15, 0.2) is 53.7 Å². The van der Waals surface area contributed by atoms with Crippen molar-refractivity contribution in [3.05, 3.63) is 59.9 Å². The molecule has 0 fully saturated rings. The molecule has 0 aliphatic heterocycles. The summed E-state index contributed by atoms with van der Waals surface area (Å²) in [5.41, 5.74) is 7.65. The van der Waals surface area contributed by atoms with E-state index in [4.69, 9.17) is 5.73 Å². The third kappa shape index (κ3) is 5.06. The Kier molecular flexibility index (Phi) is 6.12. The molecule has 0 bridgehead atoms. The van der Waals surface area contributed by atoms with Gasteiger partial charge in [0.15, 0.2) is 0 Å². The second-order valence-corrected chi connectivity index (χ2v) is 5.11. The van der Waals surface area contributed by atoms with Crippen molar-refractivity contribution in [2.75, 3.05) is 6.54 Å². The van der Waals surface area contributed by atoms with E-state index in [1.807, 2.05) is 24.3 Å². The average Bonchev–Trinajstić information content (AvgIpc) is 2.50. The molecule has 3 N–H and O–H groups in total. The van der Waals surface area contributed by atoms with Gasteiger partial charge in [0.2, 0.25) is 0 Å². The van der Waals surface area contributed by atoms with Gasteiger partial charge in [0.1, 0.15) is 0 Å². The van der Waals surface area contributed by atoms with Crippen LogP contribution in [0, 0.1) is 11.8 Å². The number of rotatable bonds is 5. The normalized spacial score (nSPS) is 9.85. The summed E-state index contributed by atoms with van der Waals surface area (Å²) in [6, 6.07) is 12.2. The van der Waals surface area contributed by atoms with Gasteiger partial charge in [0.05, 0.1) is 0 Å². The molecule has 3 nitrogen and oxygen atoms in total. The molecule has 2 aromatic rings. The van der Waals surface area contributed by atoms with Crippen molar-refractivity contribution in [1.29, 1.82) is 0 Å². The Labute approximate surface area is 124 Å². The van der Waals surface area contributed by atoms with E-state index in [1.54, 1.807) is 24.3 Å². The van der Waals surface area contributed by atoms with Gasteiger partial charge in [0.25, 0.3) is 0 Å². The van der Waals surface area contributed by atoms with E-state index in [-0.39, 0.29) is 0 Å². The predicted molar refractivity (Wildman–Crippen MR) is 83.9 cm³/mol. The Bertz CT molecular complexity index is 570. The van der Waals surface area contributed by atoms with Crippen LogP contribution in [0.25, 0.3) is 0 Å². The van der Waals surface area contributed by atoms with E-state index in [0.717, 1.165) is 18.5 Å². The van der Waals surface area contributed by atoms with Gasteiger partial charge in [-0.25, -0.2) is 0 Å². The zero-order valence-corrected chi connectivity index (χ0v) is 12.0. The van der Waals surface area contributed by atoms with E-state index >= 15 is 0 Å². The van der Waals surface area contributed by atoms with Crippen molar-refractivity contribution >= 4 is 11.9 Å². The van der Waals surface area contributed by atoms with Crippen LogP contribution < -0.4 is 10.5 Å². The summed E-state index contributed by atoms with van der Waals surface area (Å²) in [5, 5.41) is 0. The highest BCUT2D eigenvalue weighted by Crippen LogP contribution is 2.15. The third-order valence-corrected chi connectivity index (χ3v) is 3.37. The lowest BCUT2D eigenvalue weighted by molar-refractivity contribution is 0.969. The quantitative estimate of drug-likeness (QED) is 0.654. The largest absolute Gasteiger partial charge is 0.330 e. The highest BCUT2D eigenvalue weighted by molar-refractivity contribution is 7.97. The Morgan fingerprint density at radius 3 is 2.55 bits per heavy atom. The van der Waals surface area contributed by atoms with E-state index in [0.29, 0.717) is 6.54 Å². The Balaban J connectivity index is 1.81. The lowest BCUT2D eigenvalue weighted by atomic mass is 10.2. The number of nitrogens with two attached hydrogens (primary N) is 1. The number of aromatic nitrogens is 1. The first-order valence-corrected chi connectivity index (χ1v) is 7.28. The minimum absolute atomic E-state index is 0.611. The Morgan fingerprint density at radius 2 is 1.85 bits per heavy atom. The monoisotopic (exact) mass is 283 g/mol. The summed E-state index contributed by atoms with van der Waals surface area (Å²) < 4.78 is 3.33. The molecule has 102 valence electrons. The van der Waals surface area contributed by atoms with Crippen LogP contribution in [-0.2, 0) is 6.54 Å². The molecular weight excluding hydrogens is 266 g/mol. The molecule has 0 amide bonds. The lowest BCUT2D eigenvalue weighted by Gasteiger charge is -2.04. The van der Waals surface area contributed by atoms with Crippen LogP contribution in [-0.4, -0.2) is 11.5 Å². The van der Waals surface area contributed by atoms with E-state index < -0.39 is 0 Å². The summed E-state index contributed by atoms with van der Waals surface area (Å²) in [6.45, 7) is 1.42. The van der Waals surface area contributed by atoms with Crippen LogP contribution >= 0.6 is 11.9 Å². The van der Waals surface area contributed by atoms with E-state index in [2.05, 4.69) is 33.7 Å². The minimum atomic E-state index is 0.611. The van der Waals surface area contributed by atoms with Crippen molar-refractivity contribution in [3.63, 3.8) is 0 Å². The zero-order valence-electron chi connectivity index (χ0n) is 11.2. The first-order chi connectivity index (χ1) is 9.88. The maximum Gasteiger partial charge on any atom is 0.0314 e. The maximum atomic E-state index is 5.40. The van der Waals surface area contributed by atoms with Gasteiger partial charge < -0.3 is 5.73 Å². The molecule has 1 heterocycles. The summed E-state index contributed by atoms with van der Waals surface area (Å²) in [6.07, 6.45) is 4.34. The fraction of sp³-hybridized carbons (Fsp3) is 0.188. The van der Waals surface area contributed by atoms with Crippen molar-refractivity contribution in [2.45, 2.75) is 17.9 Å².